The molecular formula is C15H19NO3. The summed E-state index contributed by atoms with van der Waals surface area (Å²) < 4.78 is 16.0. The molecule has 1 aromatic carbocycles. The monoisotopic (exact) mass is 261 g/mol. The van der Waals surface area contributed by atoms with Gasteiger partial charge in [-0.1, -0.05) is 22.9 Å². The van der Waals surface area contributed by atoms with Crippen LogP contribution in [-0.2, 0) is 11.2 Å². The van der Waals surface area contributed by atoms with Crippen molar-refractivity contribution < 1.29 is 14.0 Å². The molecule has 2 rings (SSSR count). The van der Waals surface area contributed by atoms with Crippen LogP contribution in [-0.4, -0.2) is 25.0 Å². The number of aryl methyl sites for hydroxylation is 2. The highest BCUT2D eigenvalue weighted by atomic mass is 16.5. The van der Waals surface area contributed by atoms with Gasteiger partial charge in [-0.3, -0.25) is 0 Å². The second-order valence-corrected chi connectivity index (χ2v) is 4.45. The van der Waals surface area contributed by atoms with Crippen LogP contribution in [0, 0.1) is 13.8 Å². The first-order valence-electron chi connectivity index (χ1n) is 6.43. The first-order valence-corrected chi connectivity index (χ1v) is 6.43. The van der Waals surface area contributed by atoms with Gasteiger partial charge in [0, 0.05) is 12.5 Å². The van der Waals surface area contributed by atoms with E-state index in [1.165, 1.54) is 5.56 Å². The Hall–Kier alpha value is -1.81. The van der Waals surface area contributed by atoms with Crippen LogP contribution < -0.4 is 4.74 Å². The van der Waals surface area contributed by atoms with E-state index in [9.17, 15) is 0 Å². The zero-order chi connectivity index (χ0) is 13.5. The van der Waals surface area contributed by atoms with Crippen molar-refractivity contribution >= 4 is 0 Å². The van der Waals surface area contributed by atoms with Crippen LogP contribution in [0.2, 0.25) is 0 Å². The predicted octanol–water partition coefficient (Wildman–Crippen LogP) is 2.93. The lowest BCUT2D eigenvalue weighted by Crippen LogP contribution is -2.08. The van der Waals surface area contributed by atoms with Crippen LogP contribution in [0.15, 0.2) is 34.9 Å². The first kappa shape index (κ1) is 13.6. The Kier molecular flexibility index (Phi) is 4.98. The van der Waals surface area contributed by atoms with Crippen LogP contribution in [0.4, 0.5) is 0 Å². The fraction of sp³-hybridized carbons (Fsp3) is 0.400. The second-order valence-electron chi connectivity index (χ2n) is 4.45. The van der Waals surface area contributed by atoms with Gasteiger partial charge in [0.15, 0.2) is 0 Å². The molecule has 0 saturated carbocycles. The summed E-state index contributed by atoms with van der Waals surface area (Å²) in [6.07, 6.45) is 0.766. The molecule has 0 fully saturated rings. The molecule has 0 amide bonds. The molecule has 4 heteroatoms. The van der Waals surface area contributed by atoms with Crippen molar-refractivity contribution in [1.82, 2.24) is 5.16 Å². The Morgan fingerprint density at radius 3 is 2.53 bits per heavy atom. The molecule has 0 atom stereocenters. The van der Waals surface area contributed by atoms with E-state index in [1.54, 1.807) is 0 Å². The van der Waals surface area contributed by atoms with E-state index in [4.69, 9.17) is 14.0 Å². The van der Waals surface area contributed by atoms with Gasteiger partial charge in [0.1, 0.15) is 18.1 Å². The Bertz CT molecular complexity index is 490. The molecule has 0 unspecified atom stereocenters. The van der Waals surface area contributed by atoms with Gasteiger partial charge < -0.3 is 14.0 Å². The number of hydrogen-bond donors (Lipinski definition) is 0. The largest absolute Gasteiger partial charge is 0.491 e. The lowest BCUT2D eigenvalue weighted by Gasteiger charge is -2.06. The molecule has 0 N–H and O–H groups in total. The maximum atomic E-state index is 5.56. The number of benzene rings is 1. The number of ether oxygens (including phenoxy) is 2. The van der Waals surface area contributed by atoms with Crippen molar-refractivity contribution in [2.75, 3.05) is 19.8 Å². The average Bonchev–Trinajstić information content (AvgIpc) is 2.81. The van der Waals surface area contributed by atoms with E-state index in [0.717, 1.165) is 23.6 Å². The molecule has 0 aliphatic heterocycles. The molecule has 4 nitrogen and oxygen atoms in total. The third-order valence-electron chi connectivity index (χ3n) is 2.70. The second kappa shape index (κ2) is 6.95. The fourth-order valence-electron chi connectivity index (χ4n) is 1.67. The maximum absolute atomic E-state index is 5.56. The zero-order valence-electron chi connectivity index (χ0n) is 11.4. The molecule has 102 valence electrons. The predicted molar refractivity (Wildman–Crippen MR) is 72.4 cm³/mol. The van der Waals surface area contributed by atoms with Gasteiger partial charge in [-0.25, -0.2) is 0 Å². The summed E-state index contributed by atoms with van der Waals surface area (Å²) in [4.78, 5) is 0. The molecule has 1 heterocycles. The summed E-state index contributed by atoms with van der Waals surface area (Å²) in [6, 6.07) is 9.92. The van der Waals surface area contributed by atoms with E-state index in [2.05, 4.69) is 12.1 Å². The van der Waals surface area contributed by atoms with Gasteiger partial charge in [0.05, 0.1) is 18.9 Å². The zero-order valence-corrected chi connectivity index (χ0v) is 11.4. The summed E-state index contributed by atoms with van der Waals surface area (Å²) in [6.45, 7) is 5.69. The van der Waals surface area contributed by atoms with Crippen LogP contribution in [0.1, 0.15) is 17.0 Å². The van der Waals surface area contributed by atoms with Gasteiger partial charge in [-0.15, -0.1) is 0 Å². The molecule has 0 saturated heterocycles. The average molecular weight is 261 g/mol. The molecule has 0 bridgehead atoms. The van der Waals surface area contributed by atoms with Crippen molar-refractivity contribution in [2.24, 2.45) is 0 Å². The topological polar surface area (TPSA) is 44.5 Å². The van der Waals surface area contributed by atoms with Gasteiger partial charge in [-0.2, -0.15) is 0 Å². The van der Waals surface area contributed by atoms with E-state index in [-0.39, 0.29) is 0 Å². The molecule has 0 radical (unpaired) electrons. The lowest BCUT2D eigenvalue weighted by molar-refractivity contribution is 0.102. The van der Waals surface area contributed by atoms with Crippen LogP contribution in [0.5, 0.6) is 5.75 Å². The van der Waals surface area contributed by atoms with Gasteiger partial charge in [-0.05, 0) is 26.0 Å². The Labute approximate surface area is 113 Å². The van der Waals surface area contributed by atoms with E-state index < -0.39 is 0 Å². The van der Waals surface area contributed by atoms with E-state index >= 15 is 0 Å². The summed E-state index contributed by atoms with van der Waals surface area (Å²) in [5.41, 5.74) is 2.16. The van der Waals surface area contributed by atoms with Crippen molar-refractivity contribution in [2.45, 2.75) is 20.3 Å². The van der Waals surface area contributed by atoms with Gasteiger partial charge in [0.25, 0.3) is 0 Å². The van der Waals surface area contributed by atoms with Crippen molar-refractivity contribution in [3.05, 3.63) is 47.3 Å². The summed E-state index contributed by atoms with van der Waals surface area (Å²) in [5, 5.41) is 3.90. The molecule has 2 aromatic rings. The SMILES string of the molecule is Cc1ccc(OCCOCCc2cc(C)on2)cc1. The molecule has 1 aromatic heterocycles. The highest BCUT2D eigenvalue weighted by molar-refractivity contribution is 5.26. The van der Waals surface area contributed by atoms with Crippen LogP contribution in [0.25, 0.3) is 0 Å². The summed E-state index contributed by atoms with van der Waals surface area (Å²) >= 11 is 0. The summed E-state index contributed by atoms with van der Waals surface area (Å²) in [5.74, 6) is 1.71. The Morgan fingerprint density at radius 1 is 1.05 bits per heavy atom. The van der Waals surface area contributed by atoms with Crippen molar-refractivity contribution in [1.29, 1.82) is 0 Å². The van der Waals surface area contributed by atoms with Crippen molar-refractivity contribution in [3.63, 3.8) is 0 Å². The molecular weight excluding hydrogens is 242 g/mol. The van der Waals surface area contributed by atoms with Crippen LogP contribution in [0.3, 0.4) is 0 Å². The Balaban J connectivity index is 1.56. The minimum atomic E-state index is 0.556. The number of nitrogens with zero attached hydrogens (tertiary/aromatic N) is 1. The first-order chi connectivity index (χ1) is 9.24. The minimum Gasteiger partial charge on any atom is -0.491 e. The smallest absolute Gasteiger partial charge is 0.133 e. The molecule has 0 aliphatic carbocycles. The summed E-state index contributed by atoms with van der Waals surface area (Å²) in [7, 11) is 0. The van der Waals surface area contributed by atoms with Crippen LogP contribution >= 0.6 is 0 Å². The molecule has 0 spiro atoms. The highest BCUT2D eigenvalue weighted by Crippen LogP contribution is 2.11. The van der Waals surface area contributed by atoms with Gasteiger partial charge in [0.2, 0.25) is 0 Å². The minimum absolute atomic E-state index is 0.556. The van der Waals surface area contributed by atoms with E-state index in [1.807, 2.05) is 37.3 Å². The normalized spacial score (nSPS) is 10.6. The quantitative estimate of drug-likeness (QED) is 0.719. The maximum Gasteiger partial charge on any atom is 0.133 e. The highest BCUT2D eigenvalue weighted by Gasteiger charge is 2.00. The standard InChI is InChI=1S/C15H19NO3/c1-12-3-5-15(6-4-12)18-10-9-17-8-7-14-11-13(2)19-16-14/h3-6,11H,7-10H2,1-2H3. The third-order valence-corrected chi connectivity index (χ3v) is 2.70. The fourth-order valence-corrected chi connectivity index (χ4v) is 1.67. The number of aromatic nitrogens is 1. The third kappa shape index (κ3) is 4.75. The van der Waals surface area contributed by atoms with Crippen molar-refractivity contribution in [3.8, 4) is 5.75 Å². The van der Waals surface area contributed by atoms with Gasteiger partial charge >= 0.3 is 0 Å². The lowest BCUT2D eigenvalue weighted by atomic mass is 10.2. The molecule has 19 heavy (non-hydrogen) atoms. The van der Waals surface area contributed by atoms with E-state index in [0.29, 0.717) is 19.8 Å². The number of rotatable bonds is 7. The number of hydrogen-bond acceptors (Lipinski definition) is 4. The Morgan fingerprint density at radius 2 is 1.84 bits per heavy atom. The molecule has 0 aliphatic rings.